The molecule has 0 N–H and O–H groups in total. The first-order valence-electron chi connectivity index (χ1n) is 11.4. The molecular formula is C29H28O6. The first kappa shape index (κ1) is 24.1. The van der Waals surface area contributed by atoms with E-state index in [1.165, 1.54) is 7.11 Å². The molecule has 0 fully saturated rings. The van der Waals surface area contributed by atoms with Crippen molar-refractivity contribution in [1.82, 2.24) is 0 Å². The summed E-state index contributed by atoms with van der Waals surface area (Å²) in [5.41, 5.74) is 2.71. The van der Waals surface area contributed by atoms with Crippen LogP contribution in [-0.4, -0.2) is 25.5 Å². The number of carbonyl (C=O) groups excluding carboxylic acids is 2. The van der Waals surface area contributed by atoms with Gasteiger partial charge in [-0.05, 0) is 65.9 Å². The molecule has 0 amide bonds. The molecule has 1 heterocycles. The van der Waals surface area contributed by atoms with Crippen molar-refractivity contribution in [1.29, 1.82) is 0 Å². The monoisotopic (exact) mass is 472 g/mol. The Bertz CT molecular complexity index is 1300. The zero-order chi connectivity index (χ0) is 25.2. The molecule has 6 heteroatoms. The number of esters is 1. The summed E-state index contributed by atoms with van der Waals surface area (Å²) in [4.78, 5) is 25.4. The first-order valence-corrected chi connectivity index (χ1v) is 11.4. The zero-order valence-corrected chi connectivity index (χ0v) is 20.5. The lowest BCUT2D eigenvalue weighted by molar-refractivity contribution is 0.0729. The van der Waals surface area contributed by atoms with Gasteiger partial charge in [0.1, 0.15) is 11.5 Å². The molecule has 4 rings (SSSR count). The fourth-order valence-electron chi connectivity index (χ4n) is 3.70. The van der Waals surface area contributed by atoms with Crippen LogP contribution in [0.1, 0.15) is 59.5 Å². The van der Waals surface area contributed by atoms with Gasteiger partial charge in [-0.3, -0.25) is 4.79 Å². The van der Waals surface area contributed by atoms with Gasteiger partial charge in [0.15, 0.2) is 17.3 Å². The minimum atomic E-state index is -0.482. The Labute approximate surface area is 205 Å². The lowest BCUT2D eigenvalue weighted by Crippen LogP contribution is -2.13. The molecule has 180 valence electrons. The third-order valence-corrected chi connectivity index (χ3v) is 5.63. The maximum atomic E-state index is 12.7. The van der Waals surface area contributed by atoms with Crippen molar-refractivity contribution in [2.24, 2.45) is 0 Å². The number of fused-ring (bicyclic) bond motifs is 1. The average molecular weight is 473 g/mol. The largest absolute Gasteiger partial charge is 0.494 e. The smallest absolute Gasteiger partial charge is 0.343 e. The van der Waals surface area contributed by atoms with Gasteiger partial charge >= 0.3 is 5.97 Å². The number of allylic oxidation sites excluding steroid dienone is 1. The molecule has 1 aliphatic heterocycles. The Morgan fingerprint density at radius 2 is 1.71 bits per heavy atom. The van der Waals surface area contributed by atoms with E-state index in [0.717, 1.165) is 5.56 Å². The summed E-state index contributed by atoms with van der Waals surface area (Å²) in [7, 11) is 1.49. The predicted octanol–water partition coefficient (Wildman–Crippen LogP) is 6.23. The molecule has 0 aliphatic carbocycles. The van der Waals surface area contributed by atoms with Crippen LogP contribution < -0.4 is 18.9 Å². The predicted molar refractivity (Wildman–Crippen MR) is 134 cm³/mol. The van der Waals surface area contributed by atoms with Crippen LogP contribution in [0.2, 0.25) is 0 Å². The highest BCUT2D eigenvalue weighted by Crippen LogP contribution is 2.36. The fourth-order valence-corrected chi connectivity index (χ4v) is 3.70. The van der Waals surface area contributed by atoms with Crippen molar-refractivity contribution < 1.29 is 28.5 Å². The molecule has 3 aromatic rings. The van der Waals surface area contributed by atoms with Crippen LogP contribution in [-0.2, 0) is 5.41 Å². The third kappa shape index (κ3) is 5.22. The molecule has 6 nitrogen and oxygen atoms in total. The first-order chi connectivity index (χ1) is 16.7. The van der Waals surface area contributed by atoms with Crippen molar-refractivity contribution in [3.63, 3.8) is 0 Å². The van der Waals surface area contributed by atoms with Gasteiger partial charge in [-0.1, -0.05) is 39.0 Å². The second-order valence-corrected chi connectivity index (χ2v) is 9.16. The van der Waals surface area contributed by atoms with Gasteiger partial charge in [-0.25, -0.2) is 4.79 Å². The van der Waals surface area contributed by atoms with Crippen LogP contribution in [0.3, 0.4) is 0 Å². The van der Waals surface area contributed by atoms with Crippen LogP contribution in [0, 0.1) is 0 Å². The number of hydrogen-bond acceptors (Lipinski definition) is 6. The molecule has 35 heavy (non-hydrogen) atoms. The van der Waals surface area contributed by atoms with E-state index in [-0.39, 0.29) is 22.7 Å². The normalized spacial score (nSPS) is 13.9. The van der Waals surface area contributed by atoms with Crippen molar-refractivity contribution in [2.45, 2.75) is 33.1 Å². The molecule has 0 spiro atoms. The van der Waals surface area contributed by atoms with Crippen molar-refractivity contribution >= 4 is 17.8 Å². The number of ether oxygens (including phenoxy) is 4. The number of ketones is 1. The zero-order valence-electron chi connectivity index (χ0n) is 20.5. The van der Waals surface area contributed by atoms with E-state index >= 15 is 0 Å². The van der Waals surface area contributed by atoms with Crippen molar-refractivity contribution in [2.75, 3.05) is 13.7 Å². The SMILES string of the molecule is CCOc1ccc2c(c1)O/C(=C\c1ccc(OC(=O)c3ccc(C(C)(C)C)cc3)c(OC)c1)C2=O. The molecule has 3 aromatic carbocycles. The second-order valence-electron chi connectivity index (χ2n) is 9.16. The maximum Gasteiger partial charge on any atom is 0.343 e. The van der Waals surface area contributed by atoms with E-state index in [0.29, 0.717) is 40.5 Å². The van der Waals surface area contributed by atoms with Crippen LogP contribution >= 0.6 is 0 Å². The van der Waals surface area contributed by atoms with E-state index in [1.54, 1.807) is 54.6 Å². The number of benzene rings is 3. The second kappa shape index (κ2) is 9.66. The summed E-state index contributed by atoms with van der Waals surface area (Å²) in [6.07, 6.45) is 1.63. The lowest BCUT2D eigenvalue weighted by Gasteiger charge is -2.19. The Hall–Kier alpha value is -4.06. The van der Waals surface area contributed by atoms with Gasteiger partial charge in [-0.15, -0.1) is 0 Å². The van der Waals surface area contributed by atoms with E-state index in [4.69, 9.17) is 18.9 Å². The summed E-state index contributed by atoms with van der Waals surface area (Å²) in [6, 6.07) is 17.6. The number of hydrogen-bond donors (Lipinski definition) is 0. The Kier molecular flexibility index (Phi) is 6.65. The molecule has 0 aromatic heterocycles. The number of methoxy groups -OCH3 is 1. The highest BCUT2D eigenvalue weighted by Gasteiger charge is 2.28. The van der Waals surface area contributed by atoms with Gasteiger partial charge in [0.05, 0.1) is 24.8 Å². The highest BCUT2D eigenvalue weighted by molar-refractivity contribution is 6.14. The number of Topliss-reactive ketones (excluding diaryl/α,β-unsaturated/α-hetero) is 1. The van der Waals surface area contributed by atoms with Gasteiger partial charge in [0, 0.05) is 6.07 Å². The fraction of sp³-hybridized carbons (Fsp3) is 0.241. The molecule has 0 unspecified atom stereocenters. The van der Waals surface area contributed by atoms with Gasteiger partial charge in [-0.2, -0.15) is 0 Å². The molecule has 0 saturated carbocycles. The number of carbonyl (C=O) groups is 2. The van der Waals surface area contributed by atoms with Gasteiger partial charge in [0.25, 0.3) is 0 Å². The van der Waals surface area contributed by atoms with E-state index in [2.05, 4.69) is 20.8 Å². The van der Waals surface area contributed by atoms with Crippen LogP contribution in [0.5, 0.6) is 23.0 Å². The topological polar surface area (TPSA) is 71.1 Å². The standard InChI is InChI=1S/C29H28O6/c1-6-33-21-12-13-22-24(17-21)34-26(27(22)30)16-18-7-14-23(25(15-18)32-5)35-28(31)19-8-10-20(11-9-19)29(2,3)4/h7-17H,6H2,1-5H3/b26-16-. The maximum absolute atomic E-state index is 12.7. The molecule has 0 atom stereocenters. The molecular weight excluding hydrogens is 444 g/mol. The Balaban J connectivity index is 1.52. The van der Waals surface area contributed by atoms with E-state index < -0.39 is 5.97 Å². The van der Waals surface area contributed by atoms with Gasteiger partial charge in [0.2, 0.25) is 5.78 Å². The highest BCUT2D eigenvalue weighted by atomic mass is 16.6. The summed E-state index contributed by atoms with van der Waals surface area (Å²) in [6.45, 7) is 8.75. The summed E-state index contributed by atoms with van der Waals surface area (Å²) >= 11 is 0. The Morgan fingerprint density at radius 1 is 0.971 bits per heavy atom. The minimum absolute atomic E-state index is 0.00659. The molecule has 0 bridgehead atoms. The van der Waals surface area contributed by atoms with Crippen molar-refractivity contribution in [3.05, 3.63) is 88.7 Å². The molecule has 1 aliphatic rings. The van der Waals surface area contributed by atoms with Crippen molar-refractivity contribution in [3.8, 4) is 23.0 Å². The van der Waals surface area contributed by atoms with Gasteiger partial charge < -0.3 is 18.9 Å². The summed E-state index contributed by atoms with van der Waals surface area (Å²) in [5, 5.41) is 0. The minimum Gasteiger partial charge on any atom is -0.494 e. The van der Waals surface area contributed by atoms with Crippen LogP contribution in [0.15, 0.2) is 66.4 Å². The van der Waals surface area contributed by atoms with Crippen LogP contribution in [0.4, 0.5) is 0 Å². The number of rotatable bonds is 6. The Morgan fingerprint density at radius 3 is 2.37 bits per heavy atom. The average Bonchev–Trinajstić information content (AvgIpc) is 3.14. The lowest BCUT2D eigenvalue weighted by atomic mass is 9.87. The van der Waals surface area contributed by atoms with E-state index in [9.17, 15) is 9.59 Å². The molecule has 0 saturated heterocycles. The third-order valence-electron chi connectivity index (χ3n) is 5.63. The summed E-state index contributed by atoms with van der Waals surface area (Å²) < 4.78 is 22.3. The van der Waals surface area contributed by atoms with E-state index in [1.807, 2.05) is 19.1 Å². The molecule has 0 radical (unpaired) electrons. The quantitative estimate of drug-likeness (QED) is 0.241. The summed E-state index contributed by atoms with van der Waals surface area (Å²) in [5.74, 6) is 1.24. The van der Waals surface area contributed by atoms with Crippen LogP contribution in [0.25, 0.3) is 6.08 Å².